The van der Waals surface area contributed by atoms with E-state index < -0.39 is 0 Å². The Bertz CT molecular complexity index is 619. The summed E-state index contributed by atoms with van der Waals surface area (Å²) in [6.45, 7) is 5.09. The molecule has 0 fully saturated rings. The molecule has 0 aliphatic rings. The molecule has 0 atom stereocenters. The lowest BCUT2D eigenvalue weighted by molar-refractivity contribution is 0.568. The van der Waals surface area contributed by atoms with E-state index in [4.69, 9.17) is 0 Å². The summed E-state index contributed by atoms with van der Waals surface area (Å²) >= 11 is 5.06. The van der Waals surface area contributed by atoms with Crippen molar-refractivity contribution in [2.45, 2.75) is 19.3 Å². The van der Waals surface area contributed by atoms with E-state index in [2.05, 4.69) is 57.7 Å². The summed E-state index contributed by atoms with van der Waals surface area (Å²) in [6.07, 6.45) is 1.66. The number of aryl methyl sites for hydroxylation is 1. The van der Waals surface area contributed by atoms with Crippen molar-refractivity contribution in [2.75, 3.05) is 11.9 Å². The predicted octanol–water partition coefficient (Wildman–Crippen LogP) is 2.99. The largest absolute Gasteiger partial charge is 0.382 e. The zero-order valence-electron chi connectivity index (χ0n) is 11.1. The quantitative estimate of drug-likeness (QED) is 0.929. The summed E-state index contributed by atoms with van der Waals surface area (Å²) < 4.78 is 1.83. The van der Waals surface area contributed by atoms with Gasteiger partial charge in [0.2, 0.25) is 0 Å². The van der Waals surface area contributed by atoms with Crippen molar-refractivity contribution >= 4 is 33.0 Å². The fraction of sp³-hybridized carbons (Fsp3) is 0.385. The molecule has 0 aromatic carbocycles. The molecule has 0 aliphatic carbocycles. The van der Waals surface area contributed by atoms with E-state index in [1.165, 1.54) is 9.56 Å². The molecule has 1 N–H and O–H groups in total. The second kappa shape index (κ2) is 5.46. The summed E-state index contributed by atoms with van der Waals surface area (Å²) in [4.78, 5) is 13.1. The fourth-order valence-corrected chi connectivity index (χ4v) is 3.05. The number of anilines is 1. The second-order valence-electron chi connectivity index (χ2n) is 5.02. The van der Waals surface area contributed by atoms with E-state index in [-0.39, 0.29) is 11.0 Å². The van der Waals surface area contributed by atoms with Crippen LogP contribution in [0.4, 0.5) is 5.69 Å². The molecule has 6 heteroatoms. The van der Waals surface area contributed by atoms with E-state index >= 15 is 0 Å². The first kappa shape index (κ1) is 14.3. The van der Waals surface area contributed by atoms with E-state index in [9.17, 15) is 4.79 Å². The van der Waals surface area contributed by atoms with Gasteiger partial charge in [-0.3, -0.25) is 4.79 Å². The van der Waals surface area contributed by atoms with Crippen molar-refractivity contribution in [3.63, 3.8) is 0 Å². The highest BCUT2D eigenvalue weighted by molar-refractivity contribution is 9.10. The van der Waals surface area contributed by atoms with Crippen LogP contribution in [0, 0.1) is 0 Å². The van der Waals surface area contributed by atoms with Gasteiger partial charge in [0.15, 0.2) is 0 Å². The van der Waals surface area contributed by atoms with Crippen LogP contribution in [-0.4, -0.2) is 16.3 Å². The molecule has 102 valence electrons. The minimum absolute atomic E-state index is 0.00861. The number of rotatable bonds is 4. The molecule has 0 spiro atoms. The van der Waals surface area contributed by atoms with Crippen LogP contribution in [0.25, 0.3) is 0 Å². The highest BCUT2D eigenvalue weighted by Crippen LogP contribution is 2.28. The van der Waals surface area contributed by atoms with Gasteiger partial charge >= 0.3 is 0 Å². The molecule has 4 nitrogen and oxygen atoms in total. The van der Waals surface area contributed by atoms with Crippen LogP contribution in [0.3, 0.4) is 0 Å². The van der Waals surface area contributed by atoms with Crippen LogP contribution in [0.1, 0.15) is 18.7 Å². The van der Waals surface area contributed by atoms with Gasteiger partial charge in [0.05, 0.1) is 11.9 Å². The molecular weight excluding hydrogens is 326 g/mol. The Hall–Kier alpha value is -1.14. The van der Waals surface area contributed by atoms with E-state index in [1.54, 1.807) is 24.6 Å². The number of nitrogens with one attached hydrogen (secondary N) is 1. The molecule has 0 radical (unpaired) electrons. The van der Waals surface area contributed by atoms with Gasteiger partial charge in [0, 0.05) is 23.9 Å². The number of nitrogens with zero attached hydrogens (tertiary/aromatic N) is 2. The highest BCUT2D eigenvalue weighted by Gasteiger charge is 2.22. The van der Waals surface area contributed by atoms with Crippen LogP contribution in [-0.2, 0) is 12.5 Å². The van der Waals surface area contributed by atoms with Gasteiger partial charge in [-0.1, -0.05) is 19.9 Å². The Labute approximate surface area is 124 Å². The van der Waals surface area contributed by atoms with Gasteiger partial charge in [-0.25, -0.2) is 4.68 Å². The third kappa shape index (κ3) is 3.06. The molecule has 2 rings (SSSR count). The van der Waals surface area contributed by atoms with Crippen molar-refractivity contribution in [3.05, 3.63) is 43.4 Å². The average Bonchev–Trinajstić information content (AvgIpc) is 2.90. The van der Waals surface area contributed by atoms with Gasteiger partial charge in [-0.2, -0.15) is 5.10 Å². The maximum absolute atomic E-state index is 11.8. The number of hydrogen-bond acceptors (Lipinski definition) is 4. The maximum atomic E-state index is 11.8. The number of aromatic nitrogens is 2. The van der Waals surface area contributed by atoms with Crippen molar-refractivity contribution in [2.24, 2.45) is 7.05 Å². The van der Waals surface area contributed by atoms with E-state index in [0.717, 1.165) is 12.2 Å². The van der Waals surface area contributed by atoms with Crippen molar-refractivity contribution in [1.29, 1.82) is 0 Å². The summed E-state index contributed by atoms with van der Waals surface area (Å²) in [7, 11) is 1.63. The van der Waals surface area contributed by atoms with Gasteiger partial charge in [0.1, 0.15) is 4.47 Å². The number of halogens is 1. The van der Waals surface area contributed by atoms with Gasteiger partial charge < -0.3 is 5.32 Å². The molecule has 0 saturated carbocycles. The van der Waals surface area contributed by atoms with Gasteiger partial charge in [0.25, 0.3) is 5.56 Å². The third-order valence-electron chi connectivity index (χ3n) is 2.99. The predicted molar refractivity (Wildman–Crippen MR) is 83.0 cm³/mol. The lowest BCUT2D eigenvalue weighted by Crippen LogP contribution is -2.28. The molecular formula is C13H16BrN3OS. The topological polar surface area (TPSA) is 46.9 Å². The highest BCUT2D eigenvalue weighted by atomic mass is 79.9. The van der Waals surface area contributed by atoms with Crippen LogP contribution in [0.5, 0.6) is 0 Å². The molecule has 2 heterocycles. The number of hydrogen-bond donors (Lipinski definition) is 1. The molecule has 19 heavy (non-hydrogen) atoms. The summed E-state index contributed by atoms with van der Waals surface area (Å²) in [6, 6.07) is 4.18. The molecule has 0 amide bonds. The standard InChI is InChI=1S/C13H16BrN3OS/c1-13(2,10-5-4-6-19-10)8-15-9-7-16-17(3)12(18)11(9)14/h4-7,15H,8H2,1-3H3. The molecule has 0 bridgehead atoms. The zero-order chi connectivity index (χ0) is 14.0. The minimum atomic E-state index is -0.140. The first-order valence-electron chi connectivity index (χ1n) is 5.91. The zero-order valence-corrected chi connectivity index (χ0v) is 13.5. The average molecular weight is 342 g/mol. The van der Waals surface area contributed by atoms with Crippen molar-refractivity contribution in [3.8, 4) is 0 Å². The fourth-order valence-electron chi connectivity index (χ4n) is 1.70. The molecule has 2 aromatic rings. The monoisotopic (exact) mass is 341 g/mol. The van der Waals surface area contributed by atoms with Crippen molar-refractivity contribution in [1.82, 2.24) is 9.78 Å². The maximum Gasteiger partial charge on any atom is 0.282 e. The smallest absolute Gasteiger partial charge is 0.282 e. The molecule has 0 aliphatic heterocycles. The Kier molecular flexibility index (Phi) is 4.10. The number of thiophene rings is 1. The van der Waals surface area contributed by atoms with Crippen LogP contribution >= 0.6 is 27.3 Å². The van der Waals surface area contributed by atoms with Crippen LogP contribution < -0.4 is 10.9 Å². The van der Waals surface area contributed by atoms with Crippen LogP contribution in [0.15, 0.2) is 33.0 Å². The minimum Gasteiger partial charge on any atom is -0.382 e. The Morgan fingerprint density at radius 2 is 2.26 bits per heavy atom. The summed E-state index contributed by atoms with van der Waals surface area (Å²) in [5, 5.41) is 9.39. The Balaban J connectivity index is 2.16. The van der Waals surface area contributed by atoms with Crippen LogP contribution in [0.2, 0.25) is 0 Å². The molecule has 0 unspecified atom stereocenters. The van der Waals surface area contributed by atoms with Crippen molar-refractivity contribution < 1.29 is 0 Å². The normalized spacial score (nSPS) is 11.6. The second-order valence-corrected chi connectivity index (χ2v) is 6.76. The van der Waals surface area contributed by atoms with E-state index in [1.807, 2.05) is 0 Å². The Morgan fingerprint density at radius 3 is 2.89 bits per heavy atom. The lowest BCUT2D eigenvalue weighted by atomic mass is 9.91. The lowest BCUT2D eigenvalue weighted by Gasteiger charge is -2.24. The molecule has 2 aromatic heterocycles. The van der Waals surface area contributed by atoms with E-state index in [0.29, 0.717) is 4.47 Å². The first-order valence-corrected chi connectivity index (χ1v) is 7.59. The SMILES string of the molecule is Cn1ncc(NCC(C)(C)c2cccs2)c(Br)c1=O. The van der Waals surface area contributed by atoms with Gasteiger partial charge in [-0.05, 0) is 27.4 Å². The Morgan fingerprint density at radius 1 is 1.53 bits per heavy atom. The third-order valence-corrected chi connectivity index (χ3v) is 4.99. The van der Waals surface area contributed by atoms with Gasteiger partial charge in [-0.15, -0.1) is 11.3 Å². The summed E-state index contributed by atoms with van der Waals surface area (Å²) in [5.74, 6) is 0. The first-order chi connectivity index (χ1) is 8.92. The molecule has 0 saturated heterocycles. The summed E-state index contributed by atoms with van der Waals surface area (Å²) in [5.41, 5.74) is 0.598.